The largest absolute Gasteiger partial charge is 0.360 e. The molecule has 0 aliphatic carbocycles. The Bertz CT molecular complexity index is 583. The Morgan fingerprint density at radius 1 is 1.44 bits per heavy atom. The molecule has 0 radical (unpaired) electrons. The summed E-state index contributed by atoms with van der Waals surface area (Å²) in [5.74, 6) is 0. The van der Waals surface area contributed by atoms with Crippen LogP contribution in [0.5, 0.6) is 0 Å². The van der Waals surface area contributed by atoms with Crippen LogP contribution < -0.4 is 5.56 Å². The average molecular weight is 265 g/mol. The molecule has 0 unspecified atom stereocenters. The van der Waals surface area contributed by atoms with Gasteiger partial charge >= 0.3 is 0 Å². The summed E-state index contributed by atoms with van der Waals surface area (Å²) in [6.45, 7) is 7.81. The van der Waals surface area contributed by atoms with E-state index in [1.807, 2.05) is 0 Å². The Hall–Kier alpha value is -1.40. The molecule has 0 bridgehead atoms. The molecule has 5 nitrogen and oxygen atoms in total. The number of H-pyrrole nitrogens is 1. The number of fused-ring (bicyclic) bond motifs is 1. The van der Waals surface area contributed by atoms with E-state index in [9.17, 15) is 4.79 Å². The Morgan fingerprint density at radius 3 is 2.94 bits per heavy atom. The normalized spacial score (nSPS) is 12.2. The number of nitrogens with zero attached hydrogens (tertiary/aromatic N) is 2. The van der Waals surface area contributed by atoms with E-state index in [1.165, 1.54) is 4.68 Å². The maximum absolute atomic E-state index is 12.0. The van der Waals surface area contributed by atoms with Gasteiger partial charge in [0, 0.05) is 20.9 Å². The zero-order valence-corrected chi connectivity index (χ0v) is 12.1. The van der Waals surface area contributed by atoms with Gasteiger partial charge in [0.1, 0.15) is 6.73 Å². The second kappa shape index (κ2) is 5.07. The fraction of sp³-hybridized carbons (Fsp3) is 0.500. The van der Waals surface area contributed by atoms with Gasteiger partial charge < -0.3 is 9.72 Å². The second-order valence-electron chi connectivity index (χ2n) is 5.60. The topological polar surface area (TPSA) is 59.9 Å². The number of aromatic amines is 1. The summed E-state index contributed by atoms with van der Waals surface area (Å²) in [6, 6.07) is 2.85. The standard InChI is InChI=1S/C12H19N3O2Si/c1-18(2,3)7-6-17-9-15-12(16)10-4-5-13-11(10)8-14-15/h4-5,8,13H,6-7,9H2,1-3H3. The highest BCUT2D eigenvalue weighted by molar-refractivity contribution is 6.76. The number of aromatic nitrogens is 3. The molecule has 0 atom stereocenters. The van der Waals surface area contributed by atoms with Crippen LogP contribution >= 0.6 is 0 Å². The fourth-order valence-electron chi connectivity index (χ4n) is 1.62. The van der Waals surface area contributed by atoms with Gasteiger partial charge in [0.05, 0.1) is 17.1 Å². The molecule has 0 amide bonds. The minimum absolute atomic E-state index is 0.109. The first-order valence-electron chi connectivity index (χ1n) is 6.08. The van der Waals surface area contributed by atoms with Crippen LogP contribution in [0.4, 0.5) is 0 Å². The second-order valence-corrected chi connectivity index (χ2v) is 11.2. The summed E-state index contributed by atoms with van der Waals surface area (Å²) in [4.78, 5) is 15.0. The average Bonchev–Trinajstić information content (AvgIpc) is 2.74. The molecule has 0 saturated carbocycles. The molecule has 1 N–H and O–H groups in total. The highest BCUT2D eigenvalue weighted by Crippen LogP contribution is 2.08. The molecule has 0 aliphatic rings. The van der Waals surface area contributed by atoms with E-state index in [0.717, 1.165) is 11.6 Å². The Balaban J connectivity index is 2.00. The van der Waals surface area contributed by atoms with Crippen molar-refractivity contribution in [2.75, 3.05) is 6.61 Å². The first-order valence-corrected chi connectivity index (χ1v) is 9.79. The molecule has 0 fully saturated rings. The van der Waals surface area contributed by atoms with Gasteiger partial charge in [-0.1, -0.05) is 19.6 Å². The third-order valence-electron chi connectivity index (χ3n) is 2.78. The number of ether oxygens (including phenoxy) is 1. The van der Waals surface area contributed by atoms with Crippen molar-refractivity contribution in [3.05, 3.63) is 28.8 Å². The van der Waals surface area contributed by atoms with Crippen molar-refractivity contribution in [2.24, 2.45) is 0 Å². The van der Waals surface area contributed by atoms with E-state index in [4.69, 9.17) is 4.74 Å². The van der Waals surface area contributed by atoms with E-state index in [1.54, 1.807) is 18.5 Å². The smallest absolute Gasteiger partial charge is 0.278 e. The molecule has 98 valence electrons. The summed E-state index contributed by atoms with van der Waals surface area (Å²) in [5.41, 5.74) is 0.653. The van der Waals surface area contributed by atoms with Crippen LogP contribution in [0.3, 0.4) is 0 Å². The van der Waals surface area contributed by atoms with Crippen LogP contribution in [-0.2, 0) is 11.5 Å². The van der Waals surface area contributed by atoms with Gasteiger partial charge in [0.2, 0.25) is 0 Å². The van der Waals surface area contributed by atoms with Crippen LogP contribution in [0, 0.1) is 0 Å². The molecule has 0 saturated heterocycles. The summed E-state index contributed by atoms with van der Waals surface area (Å²) in [6.07, 6.45) is 3.39. The molecular formula is C12H19N3O2Si. The molecule has 0 spiro atoms. The lowest BCUT2D eigenvalue weighted by Crippen LogP contribution is -2.26. The van der Waals surface area contributed by atoms with Gasteiger partial charge in [-0.15, -0.1) is 0 Å². The van der Waals surface area contributed by atoms with Crippen molar-refractivity contribution >= 4 is 19.0 Å². The number of hydrogen-bond acceptors (Lipinski definition) is 3. The molecule has 2 aromatic rings. The van der Waals surface area contributed by atoms with Crippen molar-refractivity contribution in [3.8, 4) is 0 Å². The first kappa shape index (κ1) is 13.0. The van der Waals surface area contributed by atoms with Gasteiger partial charge in [0.25, 0.3) is 5.56 Å². The molecule has 18 heavy (non-hydrogen) atoms. The van der Waals surface area contributed by atoms with Crippen LogP contribution in [0.1, 0.15) is 0 Å². The predicted molar refractivity (Wildman–Crippen MR) is 74.5 cm³/mol. The Morgan fingerprint density at radius 2 is 2.22 bits per heavy atom. The van der Waals surface area contributed by atoms with Gasteiger partial charge in [-0.05, 0) is 12.1 Å². The minimum Gasteiger partial charge on any atom is -0.360 e. The van der Waals surface area contributed by atoms with Crippen LogP contribution in [-0.4, -0.2) is 29.4 Å². The van der Waals surface area contributed by atoms with E-state index < -0.39 is 8.07 Å². The van der Waals surface area contributed by atoms with Crippen LogP contribution in [0.15, 0.2) is 23.3 Å². The molecule has 2 heterocycles. The molecule has 2 rings (SSSR count). The quantitative estimate of drug-likeness (QED) is 0.665. The van der Waals surface area contributed by atoms with Gasteiger partial charge in [-0.3, -0.25) is 4.79 Å². The van der Waals surface area contributed by atoms with Gasteiger partial charge in [-0.25, -0.2) is 4.68 Å². The Kier molecular flexibility index (Phi) is 3.67. The van der Waals surface area contributed by atoms with E-state index in [0.29, 0.717) is 12.0 Å². The van der Waals surface area contributed by atoms with E-state index in [-0.39, 0.29) is 12.3 Å². The van der Waals surface area contributed by atoms with E-state index in [2.05, 4.69) is 29.7 Å². The van der Waals surface area contributed by atoms with Crippen LogP contribution in [0.2, 0.25) is 25.7 Å². The fourth-order valence-corrected chi connectivity index (χ4v) is 2.37. The molecule has 2 aromatic heterocycles. The third kappa shape index (κ3) is 3.08. The molecule has 6 heteroatoms. The highest BCUT2D eigenvalue weighted by Gasteiger charge is 2.12. The van der Waals surface area contributed by atoms with Crippen molar-refractivity contribution in [2.45, 2.75) is 32.4 Å². The highest BCUT2D eigenvalue weighted by atomic mass is 28.3. The van der Waals surface area contributed by atoms with E-state index >= 15 is 0 Å². The van der Waals surface area contributed by atoms with Gasteiger partial charge in [0.15, 0.2) is 0 Å². The maximum atomic E-state index is 12.0. The Labute approximate surface area is 107 Å². The van der Waals surface area contributed by atoms with Crippen molar-refractivity contribution in [3.63, 3.8) is 0 Å². The summed E-state index contributed by atoms with van der Waals surface area (Å²) in [5, 5.41) is 4.72. The SMILES string of the molecule is C[Si](C)(C)CCOCn1ncc2[nH]ccc2c1=O. The molecule has 0 aliphatic heterocycles. The predicted octanol–water partition coefficient (Wildman–Crippen LogP) is 2.04. The third-order valence-corrected chi connectivity index (χ3v) is 4.48. The minimum atomic E-state index is -1.08. The maximum Gasteiger partial charge on any atom is 0.278 e. The summed E-state index contributed by atoms with van der Waals surface area (Å²) < 4.78 is 6.89. The summed E-state index contributed by atoms with van der Waals surface area (Å²) >= 11 is 0. The molecular weight excluding hydrogens is 246 g/mol. The molecule has 0 aromatic carbocycles. The lowest BCUT2D eigenvalue weighted by atomic mass is 10.4. The number of rotatable bonds is 5. The number of nitrogens with one attached hydrogen (secondary N) is 1. The van der Waals surface area contributed by atoms with Gasteiger partial charge in [-0.2, -0.15) is 5.10 Å². The lowest BCUT2D eigenvalue weighted by molar-refractivity contribution is 0.0754. The lowest BCUT2D eigenvalue weighted by Gasteiger charge is -2.15. The van der Waals surface area contributed by atoms with Crippen molar-refractivity contribution in [1.82, 2.24) is 14.8 Å². The van der Waals surface area contributed by atoms with Crippen LogP contribution in [0.25, 0.3) is 10.9 Å². The zero-order valence-electron chi connectivity index (χ0n) is 11.1. The van der Waals surface area contributed by atoms with Crippen molar-refractivity contribution in [1.29, 1.82) is 0 Å². The first-order chi connectivity index (χ1) is 8.47. The number of hydrogen-bond donors (Lipinski definition) is 1. The monoisotopic (exact) mass is 265 g/mol. The zero-order chi connectivity index (χ0) is 13.2. The van der Waals surface area contributed by atoms with Crippen molar-refractivity contribution < 1.29 is 4.74 Å². The summed E-state index contributed by atoms with van der Waals surface area (Å²) in [7, 11) is -1.08.